The van der Waals surface area contributed by atoms with Crippen LogP contribution in [0.5, 0.6) is 0 Å². The van der Waals surface area contributed by atoms with Crippen LogP contribution in [0.1, 0.15) is 23.0 Å². The van der Waals surface area contributed by atoms with Gasteiger partial charge in [-0.25, -0.2) is 0 Å². The van der Waals surface area contributed by atoms with Gasteiger partial charge in [0.1, 0.15) is 0 Å². The van der Waals surface area contributed by atoms with Gasteiger partial charge >= 0.3 is 0 Å². The van der Waals surface area contributed by atoms with Crippen molar-refractivity contribution in [3.8, 4) is 0 Å². The van der Waals surface area contributed by atoms with Crippen LogP contribution in [-0.4, -0.2) is 22.7 Å². The largest absolute Gasteiger partial charge is 0.397 e. The Balaban J connectivity index is 2.34. The molecular formula is C14H19N5O. The van der Waals surface area contributed by atoms with Crippen molar-refractivity contribution in [3.05, 3.63) is 35.7 Å². The van der Waals surface area contributed by atoms with Crippen molar-refractivity contribution in [1.82, 2.24) is 15.1 Å². The molecule has 0 spiro atoms. The Morgan fingerprint density at radius 3 is 2.80 bits per heavy atom. The van der Waals surface area contributed by atoms with Crippen LogP contribution >= 0.6 is 0 Å². The molecular weight excluding hydrogens is 254 g/mol. The molecule has 0 atom stereocenters. The third-order valence-corrected chi connectivity index (χ3v) is 3.05. The fourth-order valence-corrected chi connectivity index (χ4v) is 2.00. The highest BCUT2D eigenvalue weighted by molar-refractivity contribution is 5.96. The van der Waals surface area contributed by atoms with E-state index < -0.39 is 0 Å². The first kappa shape index (κ1) is 13.9. The molecule has 6 heteroatoms. The SMILES string of the molecule is CCc1nn(C)cc1Nc1cc(C(=O)NC)ccc1N. The third kappa shape index (κ3) is 2.74. The summed E-state index contributed by atoms with van der Waals surface area (Å²) in [5.41, 5.74) is 9.66. The van der Waals surface area contributed by atoms with Crippen LogP contribution in [-0.2, 0) is 13.5 Å². The Hall–Kier alpha value is -2.50. The molecule has 0 radical (unpaired) electrons. The normalized spacial score (nSPS) is 10.3. The Morgan fingerprint density at radius 2 is 2.15 bits per heavy atom. The number of anilines is 3. The zero-order chi connectivity index (χ0) is 14.7. The number of nitrogens with zero attached hydrogens (tertiary/aromatic N) is 2. The molecule has 6 nitrogen and oxygen atoms in total. The number of nitrogen functional groups attached to an aromatic ring is 1. The topological polar surface area (TPSA) is 85.0 Å². The molecule has 1 aromatic heterocycles. The maximum atomic E-state index is 11.7. The van der Waals surface area contributed by atoms with Crippen LogP contribution in [0.2, 0.25) is 0 Å². The number of amides is 1. The smallest absolute Gasteiger partial charge is 0.251 e. The number of nitrogens with one attached hydrogen (secondary N) is 2. The molecule has 20 heavy (non-hydrogen) atoms. The molecule has 1 amide bonds. The van der Waals surface area contributed by atoms with Gasteiger partial charge in [-0.1, -0.05) is 6.92 Å². The molecule has 0 aliphatic heterocycles. The van der Waals surface area contributed by atoms with Gasteiger partial charge in [-0.05, 0) is 24.6 Å². The van der Waals surface area contributed by atoms with Crippen LogP contribution in [0, 0.1) is 0 Å². The molecule has 106 valence electrons. The van der Waals surface area contributed by atoms with Crippen LogP contribution in [0.3, 0.4) is 0 Å². The molecule has 1 aromatic carbocycles. The van der Waals surface area contributed by atoms with Crippen LogP contribution in [0.4, 0.5) is 17.1 Å². The monoisotopic (exact) mass is 273 g/mol. The molecule has 0 aliphatic carbocycles. The molecule has 0 aliphatic rings. The highest BCUT2D eigenvalue weighted by atomic mass is 16.1. The van der Waals surface area contributed by atoms with Crippen molar-refractivity contribution >= 4 is 23.0 Å². The van der Waals surface area contributed by atoms with Gasteiger partial charge in [-0.15, -0.1) is 0 Å². The highest BCUT2D eigenvalue weighted by Crippen LogP contribution is 2.26. The average Bonchev–Trinajstić information content (AvgIpc) is 2.80. The molecule has 2 rings (SSSR count). The zero-order valence-electron chi connectivity index (χ0n) is 11.9. The lowest BCUT2D eigenvalue weighted by Gasteiger charge is -2.10. The number of benzene rings is 1. The highest BCUT2D eigenvalue weighted by Gasteiger charge is 2.10. The van der Waals surface area contributed by atoms with E-state index in [2.05, 4.69) is 15.7 Å². The Bertz CT molecular complexity index is 632. The summed E-state index contributed by atoms with van der Waals surface area (Å²) in [4.78, 5) is 11.7. The minimum absolute atomic E-state index is 0.144. The van der Waals surface area contributed by atoms with Crippen molar-refractivity contribution in [2.75, 3.05) is 18.1 Å². The van der Waals surface area contributed by atoms with Crippen LogP contribution < -0.4 is 16.4 Å². The van der Waals surface area contributed by atoms with Crippen molar-refractivity contribution in [1.29, 1.82) is 0 Å². The van der Waals surface area contributed by atoms with Crippen LogP contribution in [0.15, 0.2) is 24.4 Å². The van der Waals surface area contributed by atoms with Gasteiger partial charge in [0.2, 0.25) is 0 Å². The third-order valence-electron chi connectivity index (χ3n) is 3.05. The number of aryl methyl sites for hydroxylation is 2. The standard InChI is InChI=1S/C14H19N5O/c1-4-11-13(8-19(3)18-11)17-12-7-9(14(20)16-2)5-6-10(12)15/h5-8,17H,4,15H2,1-3H3,(H,16,20). The first-order chi connectivity index (χ1) is 9.55. The van der Waals surface area contributed by atoms with Gasteiger partial charge in [0.05, 0.1) is 22.8 Å². The first-order valence-corrected chi connectivity index (χ1v) is 6.46. The Morgan fingerprint density at radius 1 is 1.40 bits per heavy atom. The lowest BCUT2D eigenvalue weighted by molar-refractivity contribution is 0.0963. The fourth-order valence-electron chi connectivity index (χ4n) is 2.00. The van der Waals surface area contributed by atoms with Gasteiger partial charge < -0.3 is 16.4 Å². The molecule has 0 fully saturated rings. The number of hydrogen-bond acceptors (Lipinski definition) is 4. The minimum Gasteiger partial charge on any atom is -0.397 e. The van der Waals surface area contributed by atoms with E-state index in [1.54, 1.807) is 29.9 Å². The number of carbonyl (C=O) groups excluding carboxylic acids is 1. The summed E-state index contributed by atoms with van der Waals surface area (Å²) in [6.45, 7) is 2.04. The summed E-state index contributed by atoms with van der Waals surface area (Å²) >= 11 is 0. The van der Waals surface area contributed by atoms with Gasteiger partial charge in [-0.3, -0.25) is 9.48 Å². The second-order valence-electron chi connectivity index (χ2n) is 4.52. The van der Waals surface area contributed by atoms with Gasteiger partial charge in [0.15, 0.2) is 0 Å². The predicted octanol–water partition coefficient (Wildman–Crippen LogP) is 1.67. The minimum atomic E-state index is -0.144. The van der Waals surface area contributed by atoms with Crippen molar-refractivity contribution in [2.45, 2.75) is 13.3 Å². The van der Waals surface area contributed by atoms with Crippen molar-refractivity contribution in [3.63, 3.8) is 0 Å². The lowest BCUT2D eigenvalue weighted by Crippen LogP contribution is -2.18. The number of carbonyl (C=O) groups is 1. The maximum Gasteiger partial charge on any atom is 0.251 e. The van der Waals surface area contributed by atoms with Crippen LogP contribution in [0.25, 0.3) is 0 Å². The lowest BCUT2D eigenvalue weighted by atomic mass is 10.1. The summed E-state index contributed by atoms with van der Waals surface area (Å²) < 4.78 is 1.75. The summed E-state index contributed by atoms with van der Waals surface area (Å²) in [5.74, 6) is -0.144. The summed E-state index contributed by atoms with van der Waals surface area (Å²) in [6, 6.07) is 5.15. The second-order valence-corrected chi connectivity index (χ2v) is 4.52. The molecule has 2 aromatic rings. The Kier molecular flexibility index (Phi) is 3.93. The number of aromatic nitrogens is 2. The number of nitrogens with two attached hydrogens (primary N) is 1. The van der Waals surface area contributed by atoms with E-state index in [0.29, 0.717) is 16.9 Å². The van der Waals surface area contributed by atoms with Crippen molar-refractivity contribution in [2.24, 2.45) is 7.05 Å². The fraction of sp³-hybridized carbons (Fsp3) is 0.286. The molecule has 0 bridgehead atoms. The number of hydrogen-bond donors (Lipinski definition) is 3. The van der Waals surface area contributed by atoms with E-state index in [1.807, 2.05) is 20.2 Å². The van der Waals surface area contributed by atoms with E-state index in [-0.39, 0.29) is 5.91 Å². The van der Waals surface area contributed by atoms with Crippen molar-refractivity contribution < 1.29 is 4.79 Å². The second kappa shape index (κ2) is 5.64. The molecule has 0 saturated carbocycles. The number of rotatable bonds is 4. The Labute approximate surface area is 118 Å². The van der Waals surface area contributed by atoms with Gasteiger partial charge in [-0.2, -0.15) is 5.10 Å². The predicted molar refractivity (Wildman–Crippen MR) is 80.1 cm³/mol. The van der Waals surface area contributed by atoms with E-state index >= 15 is 0 Å². The summed E-state index contributed by atoms with van der Waals surface area (Å²) in [6.07, 6.45) is 2.71. The van der Waals surface area contributed by atoms with E-state index in [4.69, 9.17) is 5.73 Å². The maximum absolute atomic E-state index is 11.7. The molecule has 0 saturated heterocycles. The van der Waals surface area contributed by atoms with Gasteiger partial charge in [0.25, 0.3) is 5.91 Å². The molecule has 1 heterocycles. The average molecular weight is 273 g/mol. The molecule has 4 N–H and O–H groups in total. The zero-order valence-corrected chi connectivity index (χ0v) is 11.9. The van der Waals surface area contributed by atoms with Gasteiger partial charge in [0, 0.05) is 25.9 Å². The summed E-state index contributed by atoms with van der Waals surface area (Å²) in [7, 11) is 3.47. The molecule has 0 unspecified atom stereocenters. The van der Waals surface area contributed by atoms with E-state index in [0.717, 1.165) is 17.8 Å². The van der Waals surface area contributed by atoms with E-state index in [1.165, 1.54) is 0 Å². The summed E-state index contributed by atoms with van der Waals surface area (Å²) in [5, 5.41) is 10.2. The first-order valence-electron chi connectivity index (χ1n) is 6.46. The van der Waals surface area contributed by atoms with E-state index in [9.17, 15) is 4.79 Å². The quantitative estimate of drug-likeness (QED) is 0.740.